The molecule has 0 fully saturated rings. The van der Waals surface area contributed by atoms with Crippen LogP contribution in [0.2, 0.25) is 0 Å². The van der Waals surface area contributed by atoms with Gasteiger partial charge in [-0.15, -0.1) is 0 Å². The lowest BCUT2D eigenvalue weighted by Gasteiger charge is -2.16. The third-order valence-electron chi connectivity index (χ3n) is 3.00. The van der Waals surface area contributed by atoms with E-state index in [4.69, 9.17) is 0 Å². The van der Waals surface area contributed by atoms with Crippen LogP contribution < -0.4 is 5.32 Å². The molecule has 1 rings (SSSR count). The fourth-order valence-electron chi connectivity index (χ4n) is 1.66. The molecule has 2 atom stereocenters. The average molecular weight is 298 g/mol. The summed E-state index contributed by atoms with van der Waals surface area (Å²) in [5, 5.41) is 2.99. The van der Waals surface area contributed by atoms with E-state index in [1.807, 2.05) is 25.1 Å². The molecule has 1 aromatic carbocycles. The molecular formula is C14H20BrNO. The Hall–Kier alpha value is -0.830. The van der Waals surface area contributed by atoms with Crippen molar-refractivity contribution in [2.24, 2.45) is 0 Å². The quantitative estimate of drug-likeness (QED) is 0.806. The molecule has 0 aliphatic rings. The molecule has 1 amide bonds. The van der Waals surface area contributed by atoms with Crippen molar-refractivity contribution in [2.45, 2.75) is 44.4 Å². The molecule has 0 aromatic heterocycles. The maximum Gasteiger partial charge on any atom is 0.238 e. The zero-order valence-corrected chi connectivity index (χ0v) is 12.3. The van der Waals surface area contributed by atoms with Crippen LogP contribution in [0.1, 0.15) is 45.1 Å². The summed E-state index contributed by atoms with van der Waals surface area (Å²) in [6.45, 7) is 6.32. The number of nitrogens with one attached hydrogen (secondary N) is 1. The minimum absolute atomic E-state index is 0.0308. The second-order valence-electron chi connectivity index (χ2n) is 4.26. The van der Waals surface area contributed by atoms with Crippen LogP contribution in [0.4, 0.5) is 5.69 Å². The SMILES string of the molecule is CCC(Br)C(=O)Nc1ccccc1C(C)CC. The third kappa shape index (κ3) is 3.84. The molecule has 0 spiro atoms. The Bertz CT molecular complexity index is 378. The van der Waals surface area contributed by atoms with Crippen molar-refractivity contribution in [3.8, 4) is 0 Å². The van der Waals surface area contributed by atoms with Crippen molar-refractivity contribution >= 4 is 27.5 Å². The first-order valence-electron chi connectivity index (χ1n) is 6.14. The highest BCUT2D eigenvalue weighted by atomic mass is 79.9. The van der Waals surface area contributed by atoms with Gasteiger partial charge in [-0.1, -0.05) is 54.9 Å². The minimum Gasteiger partial charge on any atom is -0.325 e. The molecule has 0 saturated carbocycles. The van der Waals surface area contributed by atoms with Gasteiger partial charge in [0.2, 0.25) is 5.91 Å². The van der Waals surface area contributed by atoms with Gasteiger partial charge in [-0.05, 0) is 30.4 Å². The second kappa shape index (κ2) is 6.80. The molecule has 0 bridgehead atoms. The maximum atomic E-state index is 11.8. The van der Waals surface area contributed by atoms with Crippen molar-refractivity contribution in [1.29, 1.82) is 0 Å². The van der Waals surface area contributed by atoms with E-state index in [-0.39, 0.29) is 10.7 Å². The number of rotatable bonds is 5. The fourth-order valence-corrected chi connectivity index (χ4v) is 1.77. The Labute approximate surface area is 112 Å². The van der Waals surface area contributed by atoms with Gasteiger partial charge in [0.25, 0.3) is 0 Å². The highest BCUT2D eigenvalue weighted by molar-refractivity contribution is 9.10. The van der Waals surface area contributed by atoms with Crippen LogP contribution in [0, 0.1) is 0 Å². The summed E-state index contributed by atoms with van der Waals surface area (Å²) in [6.07, 6.45) is 1.86. The van der Waals surface area contributed by atoms with Crippen LogP contribution in [-0.4, -0.2) is 10.7 Å². The van der Waals surface area contributed by atoms with E-state index >= 15 is 0 Å². The topological polar surface area (TPSA) is 29.1 Å². The minimum atomic E-state index is -0.118. The van der Waals surface area contributed by atoms with Crippen LogP contribution in [-0.2, 0) is 4.79 Å². The zero-order chi connectivity index (χ0) is 12.8. The van der Waals surface area contributed by atoms with Gasteiger partial charge in [0.15, 0.2) is 0 Å². The summed E-state index contributed by atoms with van der Waals surface area (Å²) in [6, 6.07) is 8.02. The number of benzene rings is 1. The van der Waals surface area contributed by atoms with Crippen molar-refractivity contribution in [2.75, 3.05) is 5.32 Å². The van der Waals surface area contributed by atoms with Gasteiger partial charge in [-0.3, -0.25) is 4.79 Å². The van der Waals surface area contributed by atoms with Crippen LogP contribution in [0.3, 0.4) is 0 Å². The molecule has 17 heavy (non-hydrogen) atoms. The number of carbonyl (C=O) groups is 1. The highest BCUT2D eigenvalue weighted by Gasteiger charge is 2.15. The smallest absolute Gasteiger partial charge is 0.238 e. The summed E-state index contributed by atoms with van der Waals surface area (Å²) in [4.78, 5) is 11.7. The lowest BCUT2D eigenvalue weighted by Crippen LogP contribution is -2.22. The van der Waals surface area contributed by atoms with Crippen LogP contribution in [0.25, 0.3) is 0 Å². The lowest BCUT2D eigenvalue weighted by atomic mass is 9.97. The molecule has 94 valence electrons. The molecule has 2 unspecified atom stereocenters. The van der Waals surface area contributed by atoms with E-state index in [2.05, 4.69) is 41.2 Å². The number of para-hydroxylation sites is 1. The largest absolute Gasteiger partial charge is 0.325 e. The van der Waals surface area contributed by atoms with Gasteiger partial charge in [0.1, 0.15) is 0 Å². The van der Waals surface area contributed by atoms with Gasteiger partial charge in [0, 0.05) is 5.69 Å². The van der Waals surface area contributed by atoms with Crippen LogP contribution >= 0.6 is 15.9 Å². The van der Waals surface area contributed by atoms with E-state index in [0.717, 1.165) is 18.5 Å². The maximum absolute atomic E-state index is 11.8. The molecule has 0 aliphatic heterocycles. The van der Waals surface area contributed by atoms with Crippen LogP contribution in [0.5, 0.6) is 0 Å². The van der Waals surface area contributed by atoms with Crippen molar-refractivity contribution in [1.82, 2.24) is 0 Å². The van der Waals surface area contributed by atoms with Crippen molar-refractivity contribution < 1.29 is 4.79 Å². The number of carbonyl (C=O) groups excluding carboxylic acids is 1. The van der Waals surface area contributed by atoms with Crippen molar-refractivity contribution in [3.05, 3.63) is 29.8 Å². The lowest BCUT2D eigenvalue weighted by molar-refractivity contribution is -0.115. The van der Waals surface area contributed by atoms with Gasteiger partial charge >= 0.3 is 0 Å². The molecule has 0 radical (unpaired) electrons. The summed E-state index contributed by atoms with van der Waals surface area (Å²) < 4.78 is 0. The van der Waals surface area contributed by atoms with Crippen LogP contribution in [0.15, 0.2) is 24.3 Å². The number of hydrogen-bond donors (Lipinski definition) is 1. The Morgan fingerprint density at radius 3 is 2.53 bits per heavy atom. The Balaban J connectivity index is 2.87. The highest BCUT2D eigenvalue weighted by Crippen LogP contribution is 2.26. The third-order valence-corrected chi connectivity index (χ3v) is 4.07. The summed E-state index contributed by atoms with van der Waals surface area (Å²) in [5.41, 5.74) is 2.14. The molecule has 3 heteroatoms. The van der Waals surface area contributed by atoms with Gasteiger partial charge in [-0.25, -0.2) is 0 Å². The number of hydrogen-bond acceptors (Lipinski definition) is 1. The Morgan fingerprint density at radius 2 is 1.94 bits per heavy atom. The van der Waals surface area contributed by atoms with Gasteiger partial charge in [0.05, 0.1) is 4.83 Å². The molecular weight excluding hydrogens is 278 g/mol. The molecule has 1 N–H and O–H groups in total. The van der Waals surface area contributed by atoms with Crippen molar-refractivity contribution in [3.63, 3.8) is 0 Å². The summed E-state index contributed by atoms with van der Waals surface area (Å²) in [5.74, 6) is 0.491. The van der Waals surface area contributed by atoms with E-state index in [1.54, 1.807) is 0 Å². The molecule has 0 aliphatic carbocycles. The number of anilines is 1. The molecule has 2 nitrogen and oxygen atoms in total. The first kappa shape index (κ1) is 14.2. The van der Waals surface area contributed by atoms with E-state index < -0.39 is 0 Å². The summed E-state index contributed by atoms with van der Waals surface area (Å²) in [7, 11) is 0. The fraction of sp³-hybridized carbons (Fsp3) is 0.500. The normalized spacial score (nSPS) is 14.1. The number of halogens is 1. The molecule has 0 heterocycles. The Kier molecular flexibility index (Phi) is 5.69. The molecule has 0 saturated heterocycles. The first-order valence-corrected chi connectivity index (χ1v) is 7.05. The number of alkyl halides is 1. The van der Waals surface area contributed by atoms with Gasteiger partial charge < -0.3 is 5.32 Å². The average Bonchev–Trinajstić information content (AvgIpc) is 2.37. The molecule has 1 aromatic rings. The standard InChI is InChI=1S/C14H20BrNO/c1-4-10(3)11-8-6-7-9-13(11)16-14(17)12(15)5-2/h6-10,12H,4-5H2,1-3H3,(H,16,17). The summed E-state index contributed by atoms with van der Waals surface area (Å²) >= 11 is 3.37. The first-order chi connectivity index (χ1) is 8.10. The monoisotopic (exact) mass is 297 g/mol. The predicted molar refractivity (Wildman–Crippen MR) is 76.8 cm³/mol. The number of amides is 1. The second-order valence-corrected chi connectivity index (χ2v) is 5.37. The Morgan fingerprint density at radius 1 is 1.29 bits per heavy atom. The van der Waals surface area contributed by atoms with E-state index in [1.165, 1.54) is 5.56 Å². The predicted octanol–water partition coefficient (Wildman–Crippen LogP) is 4.31. The van der Waals surface area contributed by atoms with E-state index in [9.17, 15) is 4.79 Å². The van der Waals surface area contributed by atoms with Gasteiger partial charge in [-0.2, -0.15) is 0 Å². The zero-order valence-electron chi connectivity index (χ0n) is 10.7. The van der Waals surface area contributed by atoms with E-state index in [0.29, 0.717) is 5.92 Å².